The van der Waals surface area contributed by atoms with Crippen LogP contribution in [0.4, 0.5) is 0 Å². The molecule has 0 radical (unpaired) electrons. The average Bonchev–Trinajstić information content (AvgIpc) is 2.16. The summed E-state index contributed by atoms with van der Waals surface area (Å²) < 4.78 is 8.83. The summed E-state index contributed by atoms with van der Waals surface area (Å²) in [6, 6.07) is 0. The van der Waals surface area contributed by atoms with Gasteiger partial charge in [-0.1, -0.05) is 0 Å². The molecule has 0 spiro atoms. The monoisotopic (exact) mass is 273 g/mol. The van der Waals surface area contributed by atoms with Crippen molar-refractivity contribution in [1.29, 1.82) is 5.41 Å². The van der Waals surface area contributed by atoms with Gasteiger partial charge in [-0.05, 0) is 0 Å². The molecule has 0 aliphatic heterocycles. The number of guanidine groups is 1. The summed E-state index contributed by atoms with van der Waals surface area (Å²) in [5.41, 5.74) is 0. The minimum atomic E-state index is -4.08. The Morgan fingerprint density at radius 2 is 1.88 bits per heavy atom. The second-order valence-electron chi connectivity index (χ2n) is 2.81. The molecule has 0 unspecified atom stereocenters. The molecule has 4 N–H and O–H groups in total. The van der Waals surface area contributed by atoms with E-state index in [2.05, 4.69) is 24.2 Å². The summed E-state index contributed by atoms with van der Waals surface area (Å²) >= 11 is 0. The second kappa shape index (κ2) is 7.33. The van der Waals surface area contributed by atoms with Crippen LogP contribution in [0.3, 0.4) is 0 Å². The maximum absolute atomic E-state index is 10.4. The summed E-state index contributed by atoms with van der Waals surface area (Å²) in [7, 11) is -0.492. The number of likely N-dealkylation sites (N-methyl/N-ethyl adjacent to an activating group) is 1. The third-order valence-electron chi connectivity index (χ3n) is 1.42. The van der Waals surface area contributed by atoms with E-state index in [9.17, 15) is 9.69 Å². The third-order valence-corrected chi connectivity index (χ3v) is 2.76. The average molecular weight is 273 g/mol. The number of hydrogen-bond acceptors (Lipinski definition) is 7. The van der Waals surface area contributed by atoms with Crippen molar-refractivity contribution in [3.05, 3.63) is 0 Å². The molecule has 0 aliphatic carbocycles. The summed E-state index contributed by atoms with van der Waals surface area (Å²) in [6.07, 6.45) is 0. The third kappa shape index (κ3) is 6.31. The van der Waals surface area contributed by atoms with Crippen molar-refractivity contribution in [3.63, 3.8) is 0 Å². The van der Waals surface area contributed by atoms with Crippen LogP contribution in [0, 0.1) is 5.41 Å². The van der Waals surface area contributed by atoms with Gasteiger partial charge in [0.1, 0.15) is 0 Å². The first-order valence-corrected chi connectivity index (χ1v) is 6.06. The zero-order valence-corrected chi connectivity index (χ0v) is 10.6. The Bertz CT molecular complexity index is 270. The van der Waals surface area contributed by atoms with Crippen LogP contribution >= 0.6 is 8.09 Å². The Morgan fingerprint density at radius 1 is 1.41 bits per heavy atom. The topological polar surface area (TPSA) is 134 Å². The molecule has 0 atom stereocenters. The summed E-state index contributed by atoms with van der Waals surface area (Å²) in [5.74, 6) is -1.56. The molecule has 0 fully saturated rings. The Hall–Kier alpha value is -1.03. The molecule has 0 amide bonds. The molecule has 0 saturated heterocycles. The molecule has 0 aliphatic rings. The van der Waals surface area contributed by atoms with Gasteiger partial charge in [-0.3, -0.25) is 0 Å². The zero-order valence-electron chi connectivity index (χ0n) is 9.59. The number of carboxylic acid groups (broad SMARTS) is 1. The zero-order chi connectivity index (χ0) is 13.5. The van der Waals surface area contributed by atoms with Crippen molar-refractivity contribution in [1.82, 2.24) is 9.99 Å². The second-order valence-corrected chi connectivity index (χ2v) is 4.55. The Balaban J connectivity index is 4.43. The fourth-order valence-corrected chi connectivity index (χ4v) is 1.86. The molecule has 0 saturated carbocycles. The first-order valence-electron chi connectivity index (χ1n) is 4.30. The first kappa shape index (κ1) is 16.0. The van der Waals surface area contributed by atoms with Gasteiger partial charge in [0.25, 0.3) is 0 Å². The predicted octanol–water partition coefficient (Wildman–Crippen LogP) is -0.915. The summed E-state index contributed by atoms with van der Waals surface area (Å²) in [6.45, 7) is -0.434. The maximum atomic E-state index is 10.4. The normalized spacial score (nSPS) is 12.0. The van der Waals surface area contributed by atoms with Gasteiger partial charge in [-0.2, -0.15) is 0 Å². The molecular formula is C6H16N3O7P. The standard InChI is InChI=1S/C6H16N3O7P/c1-9(4-5(10)11)6(7)8-17(12,15-13-2)16-14-3/h12,17H,4H2,1-3H3,(H2,7,8)(H,10,11). The van der Waals surface area contributed by atoms with Crippen molar-refractivity contribution in [2.24, 2.45) is 0 Å². The van der Waals surface area contributed by atoms with E-state index in [0.717, 1.165) is 19.1 Å². The van der Waals surface area contributed by atoms with Crippen molar-refractivity contribution >= 4 is 20.0 Å². The molecule has 0 heterocycles. The molecule has 0 bridgehead atoms. The van der Waals surface area contributed by atoms with Gasteiger partial charge in [0.15, 0.2) is 0 Å². The van der Waals surface area contributed by atoms with Crippen LogP contribution in [-0.2, 0) is 23.9 Å². The van der Waals surface area contributed by atoms with Crippen molar-refractivity contribution in [2.75, 3.05) is 27.8 Å². The molecule has 0 aromatic heterocycles. The van der Waals surface area contributed by atoms with E-state index in [1.54, 1.807) is 0 Å². The molecule has 0 aromatic rings. The molecule has 11 heteroatoms. The number of rotatable bonds is 7. The number of carbonyl (C=O) groups is 1. The van der Waals surface area contributed by atoms with Crippen LogP contribution in [-0.4, -0.2) is 54.6 Å². The fraction of sp³-hybridized carbons (Fsp3) is 0.667. The Labute approximate surface area is 98.0 Å². The van der Waals surface area contributed by atoms with Gasteiger partial charge in [0.05, 0.1) is 0 Å². The Morgan fingerprint density at radius 3 is 2.24 bits per heavy atom. The van der Waals surface area contributed by atoms with Gasteiger partial charge >= 0.3 is 97.1 Å². The van der Waals surface area contributed by atoms with Gasteiger partial charge in [0, 0.05) is 0 Å². The number of carboxylic acids is 1. The van der Waals surface area contributed by atoms with E-state index >= 15 is 0 Å². The van der Waals surface area contributed by atoms with E-state index < -0.39 is 26.6 Å². The number of hydrogen-bond donors (Lipinski definition) is 4. The number of nitrogens with one attached hydrogen (secondary N) is 2. The van der Waals surface area contributed by atoms with Gasteiger partial charge < -0.3 is 0 Å². The SMILES string of the molecule is COO[PH](O)(NC(=N)N(C)CC(=O)O)OOC. The molecule has 102 valence electrons. The minimum absolute atomic E-state index is 0.421. The van der Waals surface area contributed by atoms with E-state index in [4.69, 9.17) is 10.5 Å². The molecule has 0 aromatic carbocycles. The molecule has 0 rings (SSSR count). The van der Waals surface area contributed by atoms with Crippen LogP contribution in [0.15, 0.2) is 0 Å². The quantitative estimate of drug-likeness (QED) is 0.153. The number of nitrogens with zero attached hydrogens (tertiary/aromatic N) is 1. The van der Waals surface area contributed by atoms with Crippen LogP contribution < -0.4 is 5.09 Å². The van der Waals surface area contributed by atoms with E-state index in [1.807, 2.05) is 0 Å². The van der Waals surface area contributed by atoms with E-state index in [1.165, 1.54) is 7.05 Å². The van der Waals surface area contributed by atoms with Crippen LogP contribution in [0.1, 0.15) is 0 Å². The predicted molar refractivity (Wildman–Crippen MR) is 57.9 cm³/mol. The van der Waals surface area contributed by atoms with Crippen molar-refractivity contribution in [3.8, 4) is 0 Å². The van der Waals surface area contributed by atoms with Crippen LogP contribution in [0.5, 0.6) is 0 Å². The number of aliphatic carboxylic acids is 1. The summed E-state index contributed by atoms with van der Waals surface area (Å²) in [5, 5.41) is 18.1. The van der Waals surface area contributed by atoms with Crippen LogP contribution in [0.25, 0.3) is 0 Å². The van der Waals surface area contributed by atoms with Crippen molar-refractivity contribution < 1.29 is 33.9 Å². The first-order chi connectivity index (χ1) is 7.84. The Kier molecular flexibility index (Phi) is 6.88. The van der Waals surface area contributed by atoms with Crippen LogP contribution in [0.2, 0.25) is 0 Å². The van der Waals surface area contributed by atoms with E-state index in [-0.39, 0.29) is 0 Å². The molecular weight excluding hydrogens is 257 g/mol. The van der Waals surface area contributed by atoms with Gasteiger partial charge in [-0.15, -0.1) is 0 Å². The van der Waals surface area contributed by atoms with Gasteiger partial charge in [0.2, 0.25) is 0 Å². The van der Waals surface area contributed by atoms with Gasteiger partial charge in [-0.25, -0.2) is 0 Å². The van der Waals surface area contributed by atoms with E-state index in [0.29, 0.717) is 0 Å². The molecule has 10 nitrogen and oxygen atoms in total. The fourth-order valence-electron chi connectivity index (χ4n) is 0.808. The summed E-state index contributed by atoms with van der Waals surface area (Å²) in [4.78, 5) is 29.6. The molecule has 17 heavy (non-hydrogen) atoms. The van der Waals surface area contributed by atoms with Crippen molar-refractivity contribution in [2.45, 2.75) is 0 Å².